The summed E-state index contributed by atoms with van der Waals surface area (Å²) in [6, 6.07) is 13.2. The summed E-state index contributed by atoms with van der Waals surface area (Å²) >= 11 is 1.35. The molecule has 3 aromatic rings. The quantitative estimate of drug-likeness (QED) is 0.202. The van der Waals surface area contributed by atoms with Crippen molar-refractivity contribution in [3.63, 3.8) is 0 Å². The highest BCUT2D eigenvalue weighted by Gasteiger charge is 2.32. The van der Waals surface area contributed by atoms with Crippen LogP contribution >= 0.6 is 11.8 Å². The van der Waals surface area contributed by atoms with Crippen LogP contribution in [-0.4, -0.2) is 50.5 Å². The number of nitrogens with zero attached hydrogens (tertiary/aromatic N) is 2. The van der Waals surface area contributed by atoms with Crippen LogP contribution in [0, 0.1) is 10.1 Å². The molecule has 0 heterocycles. The zero-order chi connectivity index (χ0) is 29.0. The van der Waals surface area contributed by atoms with Crippen molar-refractivity contribution in [2.24, 2.45) is 0 Å². The summed E-state index contributed by atoms with van der Waals surface area (Å²) in [4.78, 5) is 44.3. The van der Waals surface area contributed by atoms with E-state index < -0.39 is 11.1 Å². The van der Waals surface area contributed by atoms with Gasteiger partial charge in [-0.3, -0.25) is 9.59 Å². The Balaban J connectivity index is 1.88. The van der Waals surface area contributed by atoms with Crippen LogP contribution in [0.4, 0.5) is 0 Å². The number of aryl methyl sites for hydroxylation is 1. The molecule has 1 aliphatic rings. The molecule has 40 heavy (non-hydrogen) atoms. The molecule has 0 fully saturated rings. The van der Waals surface area contributed by atoms with Gasteiger partial charge in [0.1, 0.15) is 6.61 Å². The van der Waals surface area contributed by atoms with E-state index in [1.165, 1.54) is 18.9 Å². The van der Waals surface area contributed by atoms with Gasteiger partial charge >= 0.3 is 0 Å². The first-order valence-electron chi connectivity index (χ1n) is 12.4. The third-order valence-electron chi connectivity index (χ3n) is 6.99. The molecule has 0 N–H and O–H groups in total. The van der Waals surface area contributed by atoms with Crippen molar-refractivity contribution in [2.45, 2.75) is 30.4 Å². The number of rotatable bonds is 9. The van der Waals surface area contributed by atoms with Crippen molar-refractivity contribution in [1.29, 1.82) is 0 Å². The highest BCUT2D eigenvalue weighted by molar-refractivity contribution is 7.98. The van der Waals surface area contributed by atoms with Gasteiger partial charge in [0.25, 0.3) is 11.0 Å². The van der Waals surface area contributed by atoms with Crippen LogP contribution in [0.5, 0.6) is 17.2 Å². The maximum Gasteiger partial charge on any atom is 0.294 e. The number of carbonyl (C=O) groups excluding carboxylic acids is 1. The Kier molecular flexibility index (Phi) is 8.83. The van der Waals surface area contributed by atoms with Gasteiger partial charge in [-0.25, -0.2) is 0 Å². The van der Waals surface area contributed by atoms with Gasteiger partial charge in [-0.1, -0.05) is 18.2 Å². The number of ether oxygens (including phenoxy) is 3. The second kappa shape index (κ2) is 12.3. The van der Waals surface area contributed by atoms with Gasteiger partial charge < -0.3 is 23.9 Å². The number of hydrogen-bond acceptors (Lipinski definition) is 9. The SMILES string of the molecule is COc1cc2c(c(OC)c1OC)-c1ccc(SC)c(=O)cc1C(N(C)C(=O)c1cccc(CO[N+](=O)[O-])c1)CC2. The van der Waals surface area contributed by atoms with E-state index in [1.807, 2.05) is 18.4 Å². The van der Waals surface area contributed by atoms with E-state index in [9.17, 15) is 19.7 Å². The zero-order valence-corrected chi connectivity index (χ0v) is 23.7. The van der Waals surface area contributed by atoms with Gasteiger partial charge in [0.05, 0.1) is 32.3 Å². The van der Waals surface area contributed by atoms with Gasteiger partial charge in [-0.2, -0.15) is 0 Å². The lowest BCUT2D eigenvalue weighted by atomic mass is 9.95. The van der Waals surface area contributed by atoms with Crippen molar-refractivity contribution in [2.75, 3.05) is 34.6 Å². The first-order chi connectivity index (χ1) is 19.2. The van der Waals surface area contributed by atoms with E-state index >= 15 is 0 Å². The summed E-state index contributed by atoms with van der Waals surface area (Å²) in [6.07, 6.45) is 2.92. The number of thioether (sulfide) groups is 1. The largest absolute Gasteiger partial charge is 0.493 e. The Morgan fingerprint density at radius 3 is 2.48 bits per heavy atom. The van der Waals surface area contributed by atoms with Gasteiger partial charge in [0.15, 0.2) is 16.9 Å². The molecule has 11 heteroatoms. The Labute approximate surface area is 235 Å². The molecular weight excluding hydrogens is 536 g/mol. The van der Waals surface area contributed by atoms with E-state index in [0.29, 0.717) is 51.7 Å². The second-order valence-electron chi connectivity index (χ2n) is 9.13. The normalized spacial score (nSPS) is 13.8. The van der Waals surface area contributed by atoms with E-state index in [2.05, 4.69) is 4.84 Å². The van der Waals surface area contributed by atoms with Crippen LogP contribution in [0.15, 0.2) is 58.2 Å². The summed E-state index contributed by atoms with van der Waals surface area (Å²) in [5, 5.41) is 9.76. The number of hydrogen-bond donors (Lipinski definition) is 0. The number of fused-ring (bicyclic) bond motifs is 3. The molecule has 10 nitrogen and oxygen atoms in total. The van der Waals surface area contributed by atoms with Crippen molar-refractivity contribution >= 4 is 17.7 Å². The van der Waals surface area contributed by atoms with E-state index in [1.54, 1.807) is 62.6 Å². The van der Waals surface area contributed by atoms with Crippen LogP contribution < -0.4 is 19.6 Å². The average Bonchev–Trinajstić information content (AvgIpc) is 3.21. The first-order valence-corrected chi connectivity index (χ1v) is 13.6. The molecule has 3 aromatic carbocycles. The molecule has 1 amide bonds. The maximum atomic E-state index is 13.7. The highest BCUT2D eigenvalue weighted by atomic mass is 32.2. The fraction of sp³-hybridized carbons (Fsp3) is 0.310. The minimum atomic E-state index is -0.873. The molecule has 0 spiro atoms. The van der Waals surface area contributed by atoms with Gasteiger partial charge in [-0.15, -0.1) is 21.9 Å². The standard InChI is InChI=1S/C29H30N2O8S/c1-30(29(33)19-8-6-7-17(13-19)16-39-31(34)35)22-11-9-18-14-24(36-2)27(37-3)28(38-4)26(18)20-10-12-25(40-5)23(32)15-21(20)22/h6-8,10,12-15,22H,9,11,16H2,1-5H3. The molecule has 0 bridgehead atoms. The van der Waals surface area contributed by atoms with Crippen molar-refractivity contribution in [3.05, 3.63) is 91.1 Å². The fourth-order valence-electron chi connectivity index (χ4n) is 5.12. The molecule has 0 radical (unpaired) electrons. The molecular formula is C29H30N2O8S. The predicted octanol–water partition coefficient (Wildman–Crippen LogP) is 4.93. The van der Waals surface area contributed by atoms with Crippen LogP contribution in [0.25, 0.3) is 11.1 Å². The summed E-state index contributed by atoms with van der Waals surface area (Å²) in [5.41, 5.74) is 3.83. The molecule has 0 aromatic heterocycles. The van der Waals surface area contributed by atoms with Gasteiger partial charge in [-0.05, 0) is 71.7 Å². The lowest BCUT2D eigenvalue weighted by molar-refractivity contribution is -0.763. The van der Waals surface area contributed by atoms with Crippen molar-refractivity contribution < 1.29 is 28.9 Å². The summed E-state index contributed by atoms with van der Waals surface area (Å²) < 4.78 is 17.1. The summed E-state index contributed by atoms with van der Waals surface area (Å²) in [6.45, 7) is -0.268. The smallest absolute Gasteiger partial charge is 0.294 e. The molecule has 0 aliphatic heterocycles. The van der Waals surface area contributed by atoms with Crippen molar-refractivity contribution in [1.82, 2.24) is 4.90 Å². The first kappa shape index (κ1) is 28.8. The number of benzene rings is 2. The van der Waals surface area contributed by atoms with E-state index in [0.717, 1.165) is 16.7 Å². The lowest BCUT2D eigenvalue weighted by Crippen LogP contribution is -2.32. The van der Waals surface area contributed by atoms with Crippen LogP contribution in [0.2, 0.25) is 0 Å². The fourth-order valence-corrected chi connectivity index (χ4v) is 5.58. The molecule has 0 saturated heterocycles. The van der Waals surface area contributed by atoms with Gasteiger partial charge in [0, 0.05) is 18.2 Å². The van der Waals surface area contributed by atoms with Crippen LogP contribution in [0.3, 0.4) is 0 Å². The Hall–Kier alpha value is -4.25. The monoisotopic (exact) mass is 566 g/mol. The molecule has 210 valence electrons. The Bertz CT molecular complexity index is 1510. The zero-order valence-electron chi connectivity index (χ0n) is 22.9. The van der Waals surface area contributed by atoms with E-state index in [4.69, 9.17) is 14.2 Å². The average molecular weight is 567 g/mol. The molecule has 1 atom stereocenters. The van der Waals surface area contributed by atoms with Crippen LogP contribution in [0.1, 0.15) is 39.5 Å². The summed E-state index contributed by atoms with van der Waals surface area (Å²) in [7, 11) is 6.35. The third-order valence-corrected chi connectivity index (χ3v) is 7.76. The van der Waals surface area contributed by atoms with Crippen LogP contribution in [-0.2, 0) is 17.9 Å². The highest BCUT2D eigenvalue weighted by Crippen LogP contribution is 2.50. The molecule has 0 saturated carbocycles. The maximum absolute atomic E-state index is 13.7. The number of amides is 1. The third kappa shape index (κ3) is 5.55. The molecule has 4 rings (SSSR count). The Morgan fingerprint density at radius 2 is 1.82 bits per heavy atom. The lowest BCUT2D eigenvalue weighted by Gasteiger charge is -2.28. The molecule has 1 aliphatic carbocycles. The topological polar surface area (TPSA) is 117 Å². The molecule has 1 unspecified atom stereocenters. The minimum absolute atomic E-state index is 0.151. The predicted molar refractivity (Wildman–Crippen MR) is 151 cm³/mol. The minimum Gasteiger partial charge on any atom is -0.493 e. The van der Waals surface area contributed by atoms with Gasteiger partial charge in [0.2, 0.25) is 5.75 Å². The Morgan fingerprint density at radius 1 is 1.07 bits per heavy atom. The van der Waals surface area contributed by atoms with E-state index in [-0.39, 0.29) is 17.9 Å². The second-order valence-corrected chi connectivity index (χ2v) is 9.97. The number of carbonyl (C=O) groups is 1. The van der Waals surface area contributed by atoms with Crippen molar-refractivity contribution in [3.8, 4) is 28.4 Å². The summed E-state index contributed by atoms with van der Waals surface area (Å²) in [5.74, 6) is 1.14. The number of methoxy groups -OCH3 is 3.